The van der Waals surface area contributed by atoms with Crippen LogP contribution in [0, 0.1) is 0 Å². The maximum Gasteiger partial charge on any atom is 0.412 e. The lowest BCUT2D eigenvalue weighted by Gasteiger charge is -1.99. The normalized spacial score (nSPS) is 12.4. The zero-order valence-electron chi connectivity index (χ0n) is 3.60. The van der Waals surface area contributed by atoms with Gasteiger partial charge < -0.3 is 0 Å². The Kier molecular flexibility index (Phi) is 2.94. The van der Waals surface area contributed by atoms with Gasteiger partial charge in [-0.3, -0.25) is 4.52 Å². The standard InChI is InChI=1S/C2H2F3O2P/c3-2(4,5)1-7-8-6/h1H2. The van der Waals surface area contributed by atoms with Crippen LogP contribution < -0.4 is 0 Å². The molecule has 0 atom stereocenters. The summed E-state index contributed by atoms with van der Waals surface area (Å²) >= 11 is 0. The highest BCUT2D eigenvalue weighted by Gasteiger charge is 2.27. The molecule has 0 aromatic carbocycles. The fraction of sp³-hybridized carbons (Fsp3) is 1.00. The molecule has 0 aliphatic rings. The minimum Gasteiger partial charge on any atom is -0.285 e. The first-order chi connectivity index (χ1) is 3.56. The van der Waals surface area contributed by atoms with Crippen molar-refractivity contribution in [3.63, 3.8) is 0 Å². The van der Waals surface area contributed by atoms with Crippen molar-refractivity contribution in [2.24, 2.45) is 0 Å². The van der Waals surface area contributed by atoms with E-state index < -0.39 is 21.5 Å². The van der Waals surface area contributed by atoms with E-state index in [1.54, 1.807) is 0 Å². The van der Waals surface area contributed by atoms with E-state index in [1.807, 2.05) is 0 Å². The average Bonchev–Trinajstić information content (AvgIpc) is 1.59. The summed E-state index contributed by atoms with van der Waals surface area (Å²) in [5.41, 5.74) is 0. The highest BCUT2D eigenvalue weighted by Crippen LogP contribution is 2.16. The lowest BCUT2D eigenvalue weighted by atomic mass is 10.7. The van der Waals surface area contributed by atoms with Crippen LogP contribution in [0.2, 0.25) is 0 Å². The molecule has 0 rings (SSSR count). The van der Waals surface area contributed by atoms with Gasteiger partial charge in [-0.1, -0.05) is 0 Å². The van der Waals surface area contributed by atoms with Gasteiger partial charge in [-0.2, -0.15) is 13.2 Å². The molecule has 0 amide bonds. The third-order valence-electron chi connectivity index (χ3n) is 0.281. The van der Waals surface area contributed by atoms with Crippen molar-refractivity contribution in [3.8, 4) is 0 Å². The molecular weight excluding hydrogens is 144 g/mol. The molecule has 0 saturated heterocycles. The maximum atomic E-state index is 11.0. The number of hydrogen-bond donors (Lipinski definition) is 0. The molecular formula is C2H2F3O2P. The summed E-state index contributed by atoms with van der Waals surface area (Å²) in [6, 6.07) is 0. The predicted molar refractivity (Wildman–Crippen MR) is 19.6 cm³/mol. The molecule has 8 heavy (non-hydrogen) atoms. The number of alkyl halides is 3. The van der Waals surface area contributed by atoms with Gasteiger partial charge in [0.15, 0.2) is 6.61 Å². The van der Waals surface area contributed by atoms with Gasteiger partial charge >= 0.3 is 14.9 Å². The SMILES string of the molecule is O=POCC(F)(F)F. The Morgan fingerprint density at radius 3 is 2.12 bits per heavy atom. The van der Waals surface area contributed by atoms with Crippen LogP contribution >= 0.6 is 8.69 Å². The summed E-state index contributed by atoms with van der Waals surface area (Å²) < 4.78 is 45.6. The van der Waals surface area contributed by atoms with E-state index in [-0.39, 0.29) is 0 Å². The van der Waals surface area contributed by atoms with Crippen molar-refractivity contribution in [2.75, 3.05) is 6.61 Å². The molecule has 0 aliphatic carbocycles. The van der Waals surface area contributed by atoms with E-state index in [0.717, 1.165) is 0 Å². The Morgan fingerprint density at radius 2 is 2.00 bits per heavy atom. The summed E-state index contributed by atoms with van der Waals surface area (Å²) in [7, 11) is -0.940. The number of halogens is 3. The minimum atomic E-state index is -4.38. The first-order valence-electron chi connectivity index (χ1n) is 1.57. The van der Waals surface area contributed by atoms with Crippen LogP contribution in [0.1, 0.15) is 0 Å². The zero-order chi connectivity index (χ0) is 6.62. The first-order valence-corrected chi connectivity index (χ1v) is 2.30. The third-order valence-corrected chi connectivity index (χ3v) is 0.515. The van der Waals surface area contributed by atoms with Crippen LogP contribution in [-0.4, -0.2) is 12.8 Å². The van der Waals surface area contributed by atoms with Gasteiger partial charge in [-0.05, 0) is 0 Å². The van der Waals surface area contributed by atoms with Gasteiger partial charge in [0.1, 0.15) is 0 Å². The molecule has 2 nitrogen and oxygen atoms in total. The van der Waals surface area contributed by atoms with Gasteiger partial charge in [0.05, 0.1) is 0 Å². The Morgan fingerprint density at radius 1 is 1.50 bits per heavy atom. The molecule has 0 fully saturated rings. The highest BCUT2D eigenvalue weighted by atomic mass is 31.1. The maximum absolute atomic E-state index is 11.0. The van der Waals surface area contributed by atoms with Gasteiger partial charge in [-0.25, -0.2) is 4.57 Å². The minimum absolute atomic E-state index is 0.940. The average molecular weight is 146 g/mol. The highest BCUT2D eigenvalue weighted by molar-refractivity contribution is 7.17. The van der Waals surface area contributed by atoms with Gasteiger partial charge in [-0.15, -0.1) is 0 Å². The van der Waals surface area contributed by atoms with E-state index in [0.29, 0.717) is 0 Å². The molecule has 48 valence electrons. The topological polar surface area (TPSA) is 26.3 Å². The van der Waals surface area contributed by atoms with Crippen LogP contribution in [-0.2, 0) is 9.09 Å². The smallest absolute Gasteiger partial charge is 0.285 e. The Labute approximate surface area is 44.9 Å². The van der Waals surface area contributed by atoms with Crippen molar-refractivity contribution in [2.45, 2.75) is 6.18 Å². The van der Waals surface area contributed by atoms with E-state index in [1.165, 1.54) is 0 Å². The van der Waals surface area contributed by atoms with E-state index >= 15 is 0 Å². The lowest BCUT2D eigenvalue weighted by Crippen LogP contribution is -2.13. The summed E-state index contributed by atoms with van der Waals surface area (Å²) in [6.45, 7) is -1.46. The van der Waals surface area contributed by atoms with Gasteiger partial charge in [0.2, 0.25) is 0 Å². The second kappa shape index (κ2) is 2.99. The second-order valence-electron chi connectivity index (χ2n) is 0.963. The molecule has 0 saturated carbocycles. The van der Waals surface area contributed by atoms with Crippen LogP contribution in [0.25, 0.3) is 0 Å². The molecule has 0 heterocycles. The van der Waals surface area contributed by atoms with E-state index in [2.05, 4.69) is 4.52 Å². The zero-order valence-corrected chi connectivity index (χ0v) is 4.50. The molecule has 0 bridgehead atoms. The van der Waals surface area contributed by atoms with Crippen LogP contribution in [0.15, 0.2) is 0 Å². The largest absolute Gasteiger partial charge is 0.412 e. The lowest BCUT2D eigenvalue weighted by molar-refractivity contribution is -0.151. The van der Waals surface area contributed by atoms with Gasteiger partial charge in [0.25, 0.3) is 0 Å². The van der Waals surface area contributed by atoms with Crippen molar-refractivity contribution in [3.05, 3.63) is 0 Å². The summed E-state index contributed by atoms with van der Waals surface area (Å²) in [6.07, 6.45) is -4.38. The van der Waals surface area contributed by atoms with Crippen LogP contribution in [0.4, 0.5) is 13.2 Å². The summed E-state index contributed by atoms with van der Waals surface area (Å²) in [5.74, 6) is 0. The monoisotopic (exact) mass is 146 g/mol. The Hall–Kier alpha value is -0.150. The molecule has 0 aromatic heterocycles. The molecule has 6 heteroatoms. The summed E-state index contributed by atoms with van der Waals surface area (Å²) in [5, 5.41) is 0. The fourth-order valence-corrected chi connectivity index (χ4v) is 0.299. The fourth-order valence-electron chi connectivity index (χ4n) is 0.0995. The van der Waals surface area contributed by atoms with Crippen molar-refractivity contribution in [1.29, 1.82) is 0 Å². The Balaban J connectivity index is 3.24. The number of rotatable bonds is 2. The Bertz CT molecular complexity index is 79.8. The van der Waals surface area contributed by atoms with Gasteiger partial charge in [0, 0.05) is 0 Å². The van der Waals surface area contributed by atoms with E-state index in [9.17, 15) is 17.7 Å². The van der Waals surface area contributed by atoms with Crippen molar-refractivity contribution < 1.29 is 22.3 Å². The molecule has 0 spiro atoms. The van der Waals surface area contributed by atoms with Crippen molar-refractivity contribution >= 4 is 8.69 Å². The molecule has 0 aliphatic heterocycles. The first kappa shape index (κ1) is 7.85. The molecule has 0 unspecified atom stereocenters. The third kappa shape index (κ3) is 5.85. The van der Waals surface area contributed by atoms with Crippen LogP contribution in [0.5, 0.6) is 0 Å². The number of hydrogen-bond acceptors (Lipinski definition) is 2. The van der Waals surface area contributed by atoms with Crippen LogP contribution in [0.3, 0.4) is 0 Å². The summed E-state index contributed by atoms with van der Waals surface area (Å²) in [4.78, 5) is 0. The quantitative estimate of drug-likeness (QED) is 0.555. The van der Waals surface area contributed by atoms with E-state index in [4.69, 9.17) is 0 Å². The second-order valence-corrected chi connectivity index (χ2v) is 1.37. The molecule has 0 aromatic rings. The molecule has 0 N–H and O–H groups in total. The van der Waals surface area contributed by atoms with Crippen molar-refractivity contribution in [1.82, 2.24) is 0 Å². The predicted octanol–water partition coefficient (Wildman–Crippen LogP) is 1.77. The molecule has 0 radical (unpaired) electrons.